The molecule has 1 rings (SSSR count). The molecule has 0 bridgehead atoms. The molecule has 0 aliphatic rings. The largest absolute Gasteiger partial charge is 0.385 e. The van der Waals surface area contributed by atoms with Crippen molar-refractivity contribution in [2.24, 2.45) is 5.73 Å². The fourth-order valence-electron chi connectivity index (χ4n) is 1.45. The smallest absolute Gasteiger partial charge is 0.146 e. The average Bonchev–Trinajstić information content (AvgIpc) is 2.60. The van der Waals surface area contributed by atoms with E-state index >= 15 is 0 Å². The summed E-state index contributed by atoms with van der Waals surface area (Å²) in [6, 6.07) is 0. The standard InChI is InChI=1S/C9H18N4O/c1-3-13-8(5-4-6-14-2)11-12-9(13)7-10/h3-7,10H2,1-2H3. The molecule has 5 heteroatoms. The van der Waals surface area contributed by atoms with Crippen LogP contribution in [0.25, 0.3) is 0 Å². The Bertz CT molecular complexity index is 272. The molecular weight excluding hydrogens is 180 g/mol. The van der Waals surface area contributed by atoms with Gasteiger partial charge in [-0.25, -0.2) is 0 Å². The highest BCUT2D eigenvalue weighted by molar-refractivity contribution is 4.95. The topological polar surface area (TPSA) is 66.0 Å². The third kappa shape index (κ3) is 2.52. The number of nitrogens with zero attached hydrogens (tertiary/aromatic N) is 3. The molecule has 14 heavy (non-hydrogen) atoms. The summed E-state index contributed by atoms with van der Waals surface area (Å²) in [6.45, 7) is 4.16. The van der Waals surface area contributed by atoms with Gasteiger partial charge in [0.25, 0.3) is 0 Å². The van der Waals surface area contributed by atoms with Gasteiger partial charge in [-0.3, -0.25) is 0 Å². The fourth-order valence-corrected chi connectivity index (χ4v) is 1.45. The van der Waals surface area contributed by atoms with Crippen molar-refractivity contribution in [2.45, 2.75) is 32.9 Å². The van der Waals surface area contributed by atoms with Crippen LogP contribution >= 0.6 is 0 Å². The van der Waals surface area contributed by atoms with Crippen molar-refractivity contribution < 1.29 is 4.74 Å². The highest BCUT2D eigenvalue weighted by Crippen LogP contribution is 2.04. The third-order valence-electron chi connectivity index (χ3n) is 2.15. The lowest BCUT2D eigenvalue weighted by Gasteiger charge is -2.05. The van der Waals surface area contributed by atoms with Crippen molar-refractivity contribution in [3.8, 4) is 0 Å². The lowest BCUT2D eigenvalue weighted by atomic mass is 10.3. The Labute approximate surface area is 84.3 Å². The quantitative estimate of drug-likeness (QED) is 0.669. The zero-order chi connectivity index (χ0) is 10.4. The second-order valence-corrected chi connectivity index (χ2v) is 3.08. The first-order chi connectivity index (χ1) is 6.83. The van der Waals surface area contributed by atoms with E-state index in [1.54, 1.807) is 7.11 Å². The van der Waals surface area contributed by atoms with E-state index in [-0.39, 0.29) is 0 Å². The summed E-state index contributed by atoms with van der Waals surface area (Å²) in [5.41, 5.74) is 5.55. The number of ether oxygens (including phenoxy) is 1. The molecule has 0 atom stereocenters. The normalized spacial score (nSPS) is 10.8. The molecule has 0 spiro atoms. The van der Waals surface area contributed by atoms with Gasteiger partial charge in [-0.05, 0) is 13.3 Å². The van der Waals surface area contributed by atoms with E-state index in [9.17, 15) is 0 Å². The second-order valence-electron chi connectivity index (χ2n) is 3.08. The molecule has 0 radical (unpaired) electrons. The Balaban J connectivity index is 2.61. The van der Waals surface area contributed by atoms with Crippen LogP contribution < -0.4 is 5.73 Å². The van der Waals surface area contributed by atoms with Gasteiger partial charge in [-0.2, -0.15) is 0 Å². The molecule has 0 saturated carbocycles. The highest BCUT2D eigenvalue weighted by Gasteiger charge is 2.08. The first-order valence-electron chi connectivity index (χ1n) is 4.93. The highest BCUT2D eigenvalue weighted by atomic mass is 16.5. The molecular formula is C9H18N4O. The van der Waals surface area contributed by atoms with Crippen LogP contribution in [0.4, 0.5) is 0 Å². The summed E-state index contributed by atoms with van der Waals surface area (Å²) >= 11 is 0. The number of hydrogen-bond donors (Lipinski definition) is 1. The Hall–Kier alpha value is -0.940. The summed E-state index contributed by atoms with van der Waals surface area (Å²) in [5, 5.41) is 8.14. The Morgan fingerprint density at radius 3 is 2.64 bits per heavy atom. The van der Waals surface area contributed by atoms with E-state index in [0.29, 0.717) is 6.54 Å². The van der Waals surface area contributed by atoms with Crippen LogP contribution in [0.2, 0.25) is 0 Å². The average molecular weight is 198 g/mol. The fraction of sp³-hybridized carbons (Fsp3) is 0.778. The van der Waals surface area contributed by atoms with Crippen molar-refractivity contribution in [3.63, 3.8) is 0 Å². The van der Waals surface area contributed by atoms with E-state index in [4.69, 9.17) is 10.5 Å². The Kier molecular flexibility index (Phi) is 4.55. The first-order valence-corrected chi connectivity index (χ1v) is 4.93. The summed E-state index contributed by atoms with van der Waals surface area (Å²) < 4.78 is 7.05. The van der Waals surface area contributed by atoms with Crippen LogP contribution in [0.1, 0.15) is 25.0 Å². The van der Waals surface area contributed by atoms with Crippen LogP contribution in [0.3, 0.4) is 0 Å². The maximum atomic E-state index is 5.55. The van der Waals surface area contributed by atoms with Crippen molar-refractivity contribution in [2.75, 3.05) is 13.7 Å². The minimum absolute atomic E-state index is 0.450. The van der Waals surface area contributed by atoms with Gasteiger partial charge in [-0.15, -0.1) is 10.2 Å². The molecule has 0 fully saturated rings. The van der Waals surface area contributed by atoms with Crippen LogP contribution in [0, 0.1) is 0 Å². The predicted molar refractivity (Wildman–Crippen MR) is 53.8 cm³/mol. The number of methoxy groups -OCH3 is 1. The van der Waals surface area contributed by atoms with Gasteiger partial charge in [0.2, 0.25) is 0 Å². The number of hydrogen-bond acceptors (Lipinski definition) is 4. The van der Waals surface area contributed by atoms with Gasteiger partial charge in [0, 0.05) is 26.7 Å². The number of rotatable bonds is 6. The van der Waals surface area contributed by atoms with Gasteiger partial charge < -0.3 is 15.0 Å². The molecule has 1 aromatic rings. The molecule has 1 aromatic heterocycles. The van der Waals surface area contributed by atoms with Gasteiger partial charge >= 0.3 is 0 Å². The second kappa shape index (κ2) is 5.72. The van der Waals surface area contributed by atoms with Crippen molar-refractivity contribution in [1.29, 1.82) is 0 Å². The predicted octanol–water partition coefficient (Wildman–Crippen LogP) is 0.336. The van der Waals surface area contributed by atoms with Crippen LogP contribution in [0.15, 0.2) is 0 Å². The zero-order valence-electron chi connectivity index (χ0n) is 8.86. The molecule has 80 valence electrons. The Morgan fingerprint density at radius 2 is 2.07 bits per heavy atom. The minimum Gasteiger partial charge on any atom is -0.385 e. The number of aromatic nitrogens is 3. The summed E-state index contributed by atoms with van der Waals surface area (Å²) in [5.74, 6) is 1.87. The molecule has 0 aliphatic heterocycles. The van der Waals surface area contributed by atoms with E-state index < -0.39 is 0 Å². The minimum atomic E-state index is 0.450. The summed E-state index contributed by atoms with van der Waals surface area (Å²) in [4.78, 5) is 0. The summed E-state index contributed by atoms with van der Waals surface area (Å²) in [6.07, 6.45) is 1.87. The molecule has 0 saturated heterocycles. The third-order valence-corrected chi connectivity index (χ3v) is 2.15. The molecule has 5 nitrogen and oxygen atoms in total. The van der Waals surface area contributed by atoms with Gasteiger partial charge in [0.15, 0.2) is 0 Å². The van der Waals surface area contributed by atoms with Crippen molar-refractivity contribution in [3.05, 3.63) is 11.6 Å². The molecule has 0 aromatic carbocycles. The number of aryl methyl sites for hydroxylation is 1. The molecule has 1 heterocycles. The van der Waals surface area contributed by atoms with Crippen LogP contribution in [-0.2, 0) is 24.2 Å². The monoisotopic (exact) mass is 198 g/mol. The van der Waals surface area contributed by atoms with E-state index in [1.165, 1.54) is 0 Å². The SMILES string of the molecule is CCn1c(CN)nnc1CCCOC. The summed E-state index contributed by atoms with van der Waals surface area (Å²) in [7, 11) is 1.70. The zero-order valence-corrected chi connectivity index (χ0v) is 8.86. The lowest BCUT2D eigenvalue weighted by molar-refractivity contribution is 0.194. The maximum absolute atomic E-state index is 5.55. The lowest BCUT2D eigenvalue weighted by Crippen LogP contribution is -2.10. The Morgan fingerprint density at radius 1 is 1.36 bits per heavy atom. The van der Waals surface area contributed by atoms with E-state index in [2.05, 4.69) is 21.7 Å². The van der Waals surface area contributed by atoms with E-state index in [0.717, 1.165) is 37.6 Å². The van der Waals surface area contributed by atoms with Crippen LogP contribution in [0.5, 0.6) is 0 Å². The van der Waals surface area contributed by atoms with Crippen LogP contribution in [-0.4, -0.2) is 28.5 Å². The molecule has 0 amide bonds. The maximum Gasteiger partial charge on any atom is 0.146 e. The molecule has 0 aliphatic carbocycles. The van der Waals surface area contributed by atoms with Gasteiger partial charge in [0.05, 0.1) is 6.54 Å². The van der Waals surface area contributed by atoms with E-state index in [1.807, 2.05) is 0 Å². The van der Waals surface area contributed by atoms with Gasteiger partial charge in [0.1, 0.15) is 11.6 Å². The van der Waals surface area contributed by atoms with Crippen molar-refractivity contribution in [1.82, 2.24) is 14.8 Å². The van der Waals surface area contributed by atoms with Crippen molar-refractivity contribution >= 4 is 0 Å². The molecule has 0 unspecified atom stereocenters. The van der Waals surface area contributed by atoms with Gasteiger partial charge in [-0.1, -0.05) is 0 Å². The number of nitrogens with two attached hydrogens (primary N) is 1. The molecule has 2 N–H and O–H groups in total. The first kappa shape index (κ1) is 11.1.